The Hall–Kier alpha value is -3.22. The number of rotatable bonds is 10. The second-order valence-corrected chi connectivity index (χ2v) is 10.9. The molecule has 0 aliphatic rings. The van der Waals surface area contributed by atoms with Crippen molar-refractivity contribution in [3.63, 3.8) is 0 Å². The maximum atomic E-state index is 13.0. The highest BCUT2D eigenvalue weighted by Gasteiger charge is 2.21. The monoisotopic (exact) mass is 535 g/mol. The van der Waals surface area contributed by atoms with Gasteiger partial charge in [0, 0.05) is 31.3 Å². The molecule has 3 aromatic rings. The summed E-state index contributed by atoms with van der Waals surface area (Å²) in [5.74, 6) is -0.141. The second kappa shape index (κ2) is 11.7. The van der Waals surface area contributed by atoms with E-state index in [1.807, 2.05) is 6.92 Å². The van der Waals surface area contributed by atoms with Crippen LogP contribution in [0.4, 0.5) is 0 Å². The lowest BCUT2D eigenvalue weighted by Gasteiger charge is -2.16. The van der Waals surface area contributed by atoms with E-state index in [0.717, 1.165) is 17.5 Å². The summed E-state index contributed by atoms with van der Waals surface area (Å²) in [4.78, 5) is 29.7. The number of unbranched alkanes of at least 4 members (excludes halogenated alkanes) is 1. The number of fused-ring (bicyclic) bond motifs is 1. The van der Waals surface area contributed by atoms with E-state index in [4.69, 9.17) is 14.2 Å². The Morgan fingerprint density at radius 3 is 2.28 bits per heavy atom. The van der Waals surface area contributed by atoms with Gasteiger partial charge in [-0.25, -0.2) is 12.7 Å². The number of hydrogen-bond acceptors (Lipinski definition) is 8. The first-order valence-corrected chi connectivity index (χ1v) is 13.4. The van der Waals surface area contributed by atoms with Crippen LogP contribution in [-0.2, 0) is 26.1 Å². The minimum absolute atomic E-state index is 0.0967. The molecule has 194 valence electrons. The average Bonchev–Trinajstić information content (AvgIpc) is 3.21. The SMILES string of the molecule is CCCCN(C)S(=O)(=O)c1ccc(C(=O)N=c2sc3cc(OC)c(OC)cc3n2CC(=O)OC)cc1. The quantitative estimate of drug-likeness (QED) is 0.366. The zero-order chi connectivity index (χ0) is 26.5. The van der Waals surface area contributed by atoms with Crippen LogP contribution in [0.3, 0.4) is 0 Å². The van der Waals surface area contributed by atoms with Gasteiger partial charge in [-0.05, 0) is 30.7 Å². The van der Waals surface area contributed by atoms with Gasteiger partial charge in [0.25, 0.3) is 5.91 Å². The highest BCUT2D eigenvalue weighted by Crippen LogP contribution is 2.33. The lowest BCUT2D eigenvalue weighted by atomic mass is 10.2. The fraction of sp³-hybridized carbons (Fsp3) is 0.375. The number of esters is 1. The Morgan fingerprint density at radius 2 is 1.69 bits per heavy atom. The van der Waals surface area contributed by atoms with E-state index in [-0.39, 0.29) is 21.8 Å². The van der Waals surface area contributed by atoms with Crippen LogP contribution in [0.15, 0.2) is 46.3 Å². The highest BCUT2D eigenvalue weighted by molar-refractivity contribution is 7.89. The number of amides is 1. The van der Waals surface area contributed by atoms with Crippen molar-refractivity contribution in [1.29, 1.82) is 0 Å². The van der Waals surface area contributed by atoms with Crippen molar-refractivity contribution in [3.8, 4) is 11.5 Å². The highest BCUT2D eigenvalue weighted by atomic mass is 32.2. The van der Waals surface area contributed by atoms with Gasteiger partial charge in [0.15, 0.2) is 16.3 Å². The normalized spacial score (nSPS) is 12.2. The zero-order valence-corrected chi connectivity index (χ0v) is 22.4. The van der Waals surface area contributed by atoms with E-state index < -0.39 is 21.9 Å². The molecule has 0 atom stereocenters. The van der Waals surface area contributed by atoms with Crippen LogP contribution < -0.4 is 14.3 Å². The Bertz CT molecular complexity index is 1420. The molecular weight excluding hydrogens is 506 g/mol. The largest absolute Gasteiger partial charge is 0.493 e. The summed E-state index contributed by atoms with van der Waals surface area (Å²) >= 11 is 1.20. The number of benzene rings is 2. The molecule has 2 aromatic carbocycles. The van der Waals surface area contributed by atoms with Gasteiger partial charge in [-0.1, -0.05) is 24.7 Å². The Balaban J connectivity index is 2.02. The fourth-order valence-electron chi connectivity index (χ4n) is 3.43. The molecule has 0 unspecified atom stereocenters. The van der Waals surface area contributed by atoms with Crippen LogP contribution in [0, 0.1) is 0 Å². The van der Waals surface area contributed by atoms with Crippen molar-refractivity contribution in [1.82, 2.24) is 8.87 Å². The summed E-state index contributed by atoms with van der Waals surface area (Å²) in [6.45, 7) is 2.23. The zero-order valence-electron chi connectivity index (χ0n) is 20.8. The predicted octanol–water partition coefficient (Wildman–Crippen LogP) is 3.05. The summed E-state index contributed by atoms with van der Waals surface area (Å²) in [7, 11) is 2.17. The van der Waals surface area contributed by atoms with Gasteiger partial charge in [-0.15, -0.1) is 0 Å². The first-order valence-electron chi connectivity index (χ1n) is 11.1. The van der Waals surface area contributed by atoms with E-state index in [1.54, 1.807) is 16.7 Å². The number of thiazole rings is 1. The summed E-state index contributed by atoms with van der Waals surface area (Å²) in [6, 6.07) is 9.08. The standard InChI is InChI=1S/C24H29N3O7S2/c1-6-7-12-26(2)36(30,31)17-10-8-16(9-11-17)23(29)25-24-27(15-22(28)34-5)18-13-19(32-3)20(33-4)14-21(18)35-24/h8-11,13-14H,6-7,12,15H2,1-5H3. The first kappa shape index (κ1) is 27.4. The number of nitrogens with zero attached hydrogens (tertiary/aromatic N) is 3. The Morgan fingerprint density at radius 1 is 1.06 bits per heavy atom. The van der Waals surface area contributed by atoms with Crippen molar-refractivity contribution < 1.29 is 32.2 Å². The van der Waals surface area contributed by atoms with E-state index in [0.29, 0.717) is 23.6 Å². The van der Waals surface area contributed by atoms with Gasteiger partial charge in [-0.2, -0.15) is 4.99 Å². The molecule has 0 spiro atoms. The van der Waals surface area contributed by atoms with Gasteiger partial charge in [0.1, 0.15) is 6.54 Å². The number of carbonyl (C=O) groups excluding carboxylic acids is 2. The van der Waals surface area contributed by atoms with Crippen LogP contribution >= 0.6 is 11.3 Å². The third kappa shape index (κ3) is 5.77. The Labute approximate surface area is 213 Å². The topological polar surface area (TPSA) is 117 Å². The number of hydrogen-bond donors (Lipinski definition) is 0. The lowest BCUT2D eigenvalue weighted by molar-refractivity contribution is -0.141. The summed E-state index contributed by atoms with van der Waals surface area (Å²) in [5, 5.41) is 0. The molecule has 0 saturated heterocycles. The van der Waals surface area contributed by atoms with Crippen LogP contribution in [0.2, 0.25) is 0 Å². The van der Waals surface area contributed by atoms with Crippen molar-refractivity contribution in [2.24, 2.45) is 4.99 Å². The predicted molar refractivity (Wildman–Crippen MR) is 136 cm³/mol. The summed E-state index contributed by atoms with van der Waals surface area (Å²) in [5.41, 5.74) is 0.827. The third-order valence-corrected chi connectivity index (χ3v) is 8.45. The molecule has 12 heteroatoms. The average molecular weight is 536 g/mol. The summed E-state index contributed by atoms with van der Waals surface area (Å²) in [6.07, 6.45) is 1.63. The van der Waals surface area contributed by atoms with E-state index >= 15 is 0 Å². The Kier molecular flexibility index (Phi) is 8.88. The molecule has 0 bridgehead atoms. The van der Waals surface area contributed by atoms with Crippen molar-refractivity contribution in [2.75, 3.05) is 34.9 Å². The number of sulfonamides is 1. The molecule has 1 aromatic heterocycles. The molecule has 0 N–H and O–H groups in total. The van der Waals surface area contributed by atoms with Gasteiger partial charge in [-0.3, -0.25) is 9.59 Å². The fourth-order valence-corrected chi connectivity index (χ4v) is 5.68. The van der Waals surface area contributed by atoms with Crippen LogP contribution in [-0.4, -0.2) is 64.1 Å². The van der Waals surface area contributed by atoms with Crippen molar-refractivity contribution in [2.45, 2.75) is 31.2 Å². The molecule has 0 aliphatic heterocycles. The van der Waals surface area contributed by atoms with Crippen LogP contribution in [0.1, 0.15) is 30.1 Å². The smallest absolute Gasteiger partial charge is 0.325 e. The maximum absolute atomic E-state index is 13.0. The number of ether oxygens (including phenoxy) is 3. The molecule has 0 saturated carbocycles. The van der Waals surface area contributed by atoms with E-state index in [9.17, 15) is 18.0 Å². The summed E-state index contributed by atoms with van der Waals surface area (Å²) < 4.78 is 44.6. The number of carbonyl (C=O) groups is 2. The molecule has 1 heterocycles. The van der Waals surface area contributed by atoms with Crippen molar-refractivity contribution >= 4 is 43.5 Å². The number of aromatic nitrogens is 1. The molecule has 3 rings (SSSR count). The van der Waals surface area contributed by atoms with Gasteiger partial charge >= 0.3 is 5.97 Å². The number of methoxy groups -OCH3 is 3. The molecule has 1 amide bonds. The van der Waals surface area contributed by atoms with Crippen LogP contribution in [0.25, 0.3) is 10.2 Å². The van der Waals surface area contributed by atoms with Gasteiger partial charge < -0.3 is 18.8 Å². The minimum Gasteiger partial charge on any atom is -0.493 e. The second-order valence-electron chi connectivity index (χ2n) is 7.84. The molecular formula is C24H29N3O7S2. The van der Waals surface area contributed by atoms with E-state index in [1.165, 1.54) is 68.3 Å². The maximum Gasteiger partial charge on any atom is 0.325 e. The first-order chi connectivity index (χ1) is 17.2. The molecule has 10 nitrogen and oxygen atoms in total. The molecule has 0 radical (unpaired) electrons. The van der Waals surface area contributed by atoms with Gasteiger partial charge in [0.2, 0.25) is 10.0 Å². The van der Waals surface area contributed by atoms with Gasteiger partial charge in [0.05, 0.1) is 36.4 Å². The minimum atomic E-state index is -3.65. The van der Waals surface area contributed by atoms with Crippen molar-refractivity contribution in [3.05, 3.63) is 46.8 Å². The van der Waals surface area contributed by atoms with E-state index in [2.05, 4.69) is 4.99 Å². The third-order valence-electron chi connectivity index (χ3n) is 5.54. The molecule has 36 heavy (non-hydrogen) atoms. The lowest BCUT2D eigenvalue weighted by Crippen LogP contribution is -2.27. The molecule has 0 fully saturated rings. The van der Waals surface area contributed by atoms with Crippen LogP contribution in [0.5, 0.6) is 11.5 Å². The molecule has 0 aliphatic carbocycles.